The number of hydrogen-bond donors (Lipinski definition) is 4. The number of nitrogens with two attached hydrogens (primary N) is 1. The van der Waals surface area contributed by atoms with E-state index in [-0.39, 0.29) is 29.9 Å². The minimum absolute atomic E-state index is 0.0332. The number of ether oxygens (including phenoxy) is 5. The first-order chi connectivity index (χ1) is 26.6. The van der Waals surface area contributed by atoms with Crippen LogP contribution in [-0.2, 0) is 42.9 Å². The first kappa shape index (κ1) is 44.4. The van der Waals surface area contributed by atoms with Crippen LogP contribution in [0.4, 0.5) is 0 Å². The number of methoxy groups -OCH3 is 1. The average molecular weight is 795 g/mol. The Morgan fingerprint density at radius 3 is 1.68 bits per heavy atom. The van der Waals surface area contributed by atoms with Crippen molar-refractivity contribution < 1.29 is 62.7 Å². The topological polar surface area (TPSA) is 227 Å². The number of carboxylic acids is 2. The quantitative estimate of drug-likeness (QED) is 0.0944. The molecular weight excluding hydrogens is 752 g/mol. The standard InChI is InChI=1S/C20H25ClN2O5.C20H18O8/c1-4-28-20(25)18-15(11-27-10-9-22)23-12(2)16(19(24)26-3)17(18)13-7-5-6-8-14(13)21;1-11-3-7-13(8-4-11)19(25)27-15(17(21)22)16(18(23)24)28-20(26)14-9-5-12(2)6-10-14/h5-8,17,23H,4,9-11,22H2,1-3H3;3-10,15-16H,1-2H3,(H,21,22)(H,23,24)/t17-;15-,16-/m00/s1. The Labute approximate surface area is 328 Å². The summed E-state index contributed by atoms with van der Waals surface area (Å²) in [5.41, 5.74) is 9.49. The number of halogens is 1. The van der Waals surface area contributed by atoms with Gasteiger partial charge in [-0.25, -0.2) is 28.8 Å². The highest BCUT2D eigenvalue weighted by atomic mass is 35.5. The first-order valence-corrected chi connectivity index (χ1v) is 17.5. The molecule has 4 rings (SSSR count). The van der Waals surface area contributed by atoms with Gasteiger partial charge in [0.2, 0.25) is 12.2 Å². The van der Waals surface area contributed by atoms with Gasteiger partial charge in [0, 0.05) is 17.3 Å². The van der Waals surface area contributed by atoms with Crippen molar-refractivity contribution >= 4 is 47.4 Å². The molecule has 0 amide bonds. The number of benzene rings is 3. The van der Waals surface area contributed by atoms with Gasteiger partial charge in [-0.05, 0) is 63.6 Å². The van der Waals surface area contributed by atoms with Crippen LogP contribution in [0.15, 0.2) is 95.3 Å². The third-order valence-electron chi connectivity index (χ3n) is 8.07. The first-order valence-electron chi connectivity index (χ1n) is 17.1. The summed E-state index contributed by atoms with van der Waals surface area (Å²) in [6.07, 6.45) is -4.44. The van der Waals surface area contributed by atoms with Gasteiger partial charge in [0.1, 0.15) is 0 Å². The third kappa shape index (κ3) is 11.7. The second-order valence-electron chi connectivity index (χ2n) is 12.1. The Morgan fingerprint density at radius 2 is 1.25 bits per heavy atom. The lowest BCUT2D eigenvalue weighted by molar-refractivity contribution is -0.166. The van der Waals surface area contributed by atoms with Crippen LogP contribution in [0.2, 0.25) is 5.02 Å². The molecule has 0 saturated carbocycles. The summed E-state index contributed by atoms with van der Waals surface area (Å²) >= 11 is 6.42. The largest absolute Gasteiger partial charge is 0.478 e. The van der Waals surface area contributed by atoms with E-state index >= 15 is 0 Å². The van der Waals surface area contributed by atoms with Gasteiger partial charge in [0.15, 0.2) is 0 Å². The summed E-state index contributed by atoms with van der Waals surface area (Å²) in [4.78, 5) is 72.8. The molecule has 1 aliphatic heterocycles. The number of aryl methyl sites for hydroxylation is 2. The van der Waals surface area contributed by atoms with Crippen LogP contribution in [0.3, 0.4) is 0 Å². The van der Waals surface area contributed by atoms with E-state index in [2.05, 4.69) is 5.32 Å². The number of nitrogens with one attached hydrogen (secondary N) is 1. The van der Waals surface area contributed by atoms with Gasteiger partial charge in [-0.15, -0.1) is 0 Å². The summed E-state index contributed by atoms with van der Waals surface area (Å²) < 4.78 is 25.4. The normalized spacial score (nSPS) is 14.6. The predicted octanol–water partition coefficient (Wildman–Crippen LogP) is 4.49. The molecule has 1 heterocycles. The molecule has 3 atom stereocenters. The van der Waals surface area contributed by atoms with Crippen molar-refractivity contribution in [2.45, 2.75) is 45.8 Å². The zero-order chi connectivity index (χ0) is 41.5. The van der Waals surface area contributed by atoms with Crippen LogP contribution in [0.5, 0.6) is 0 Å². The summed E-state index contributed by atoms with van der Waals surface area (Å²) in [5, 5.41) is 22.2. The molecule has 1 aliphatic rings. The molecular formula is C40H43ClN2O13. The van der Waals surface area contributed by atoms with Gasteiger partial charge in [-0.1, -0.05) is 65.2 Å². The van der Waals surface area contributed by atoms with Gasteiger partial charge in [-0.2, -0.15) is 0 Å². The minimum Gasteiger partial charge on any atom is -0.478 e. The molecule has 56 heavy (non-hydrogen) atoms. The number of carboxylic acid groups (broad SMARTS) is 2. The molecule has 298 valence electrons. The van der Waals surface area contributed by atoms with E-state index in [4.69, 9.17) is 41.0 Å². The van der Waals surface area contributed by atoms with Crippen LogP contribution in [0, 0.1) is 13.8 Å². The molecule has 0 fully saturated rings. The maximum atomic E-state index is 12.9. The summed E-state index contributed by atoms with van der Waals surface area (Å²) in [7, 11) is 1.29. The van der Waals surface area contributed by atoms with Gasteiger partial charge < -0.3 is 44.9 Å². The van der Waals surface area contributed by atoms with Crippen molar-refractivity contribution in [3.63, 3.8) is 0 Å². The molecule has 0 aromatic heterocycles. The summed E-state index contributed by atoms with van der Waals surface area (Å²) in [6.45, 7) is 8.00. The van der Waals surface area contributed by atoms with Crippen molar-refractivity contribution in [1.82, 2.24) is 5.32 Å². The second-order valence-corrected chi connectivity index (χ2v) is 12.5. The van der Waals surface area contributed by atoms with E-state index in [1.54, 1.807) is 76.2 Å². The zero-order valence-electron chi connectivity index (χ0n) is 31.3. The van der Waals surface area contributed by atoms with E-state index in [9.17, 15) is 39.0 Å². The number of carbonyl (C=O) groups excluding carboxylic acids is 4. The SMILES string of the molecule is CCOC(=O)C1=C(COCCN)NC(C)=C(C(=O)OC)[C@@H]1c1ccccc1Cl.Cc1ccc(C(=O)O[C@H](C(=O)O)[C@H](OC(=O)c2ccc(C)cc2)C(=O)O)cc1. The van der Waals surface area contributed by atoms with Crippen LogP contribution < -0.4 is 11.1 Å². The molecule has 0 aliphatic carbocycles. The van der Waals surface area contributed by atoms with Crippen LogP contribution in [0.25, 0.3) is 0 Å². The number of rotatable bonds is 15. The molecule has 0 spiro atoms. The van der Waals surface area contributed by atoms with E-state index in [0.29, 0.717) is 40.7 Å². The van der Waals surface area contributed by atoms with Gasteiger partial charge in [-0.3, -0.25) is 0 Å². The Hall–Kier alpha value is -6.03. The zero-order valence-corrected chi connectivity index (χ0v) is 32.1. The maximum absolute atomic E-state index is 12.9. The summed E-state index contributed by atoms with van der Waals surface area (Å²) in [6, 6.07) is 19.1. The van der Waals surface area contributed by atoms with Crippen molar-refractivity contribution in [1.29, 1.82) is 0 Å². The van der Waals surface area contributed by atoms with E-state index < -0.39 is 53.9 Å². The Bertz CT molecular complexity index is 1900. The van der Waals surface area contributed by atoms with Crippen LogP contribution in [0.1, 0.15) is 57.2 Å². The van der Waals surface area contributed by atoms with Crippen molar-refractivity contribution in [3.8, 4) is 0 Å². The number of allylic oxidation sites excluding steroid dienone is 1. The smallest absolute Gasteiger partial charge is 0.349 e. The monoisotopic (exact) mass is 794 g/mol. The van der Waals surface area contributed by atoms with Gasteiger partial charge in [0.05, 0.1) is 60.8 Å². The molecule has 15 nitrogen and oxygen atoms in total. The molecule has 0 unspecified atom stereocenters. The predicted molar refractivity (Wildman–Crippen MR) is 202 cm³/mol. The Kier molecular flexibility index (Phi) is 16.8. The highest BCUT2D eigenvalue weighted by Crippen LogP contribution is 2.41. The van der Waals surface area contributed by atoms with E-state index in [1.807, 2.05) is 0 Å². The fourth-order valence-corrected chi connectivity index (χ4v) is 5.59. The van der Waals surface area contributed by atoms with Crippen molar-refractivity contribution in [2.24, 2.45) is 5.73 Å². The second kappa shape index (κ2) is 21.2. The fraction of sp³-hybridized carbons (Fsp3) is 0.300. The van der Waals surface area contributed by atoms with Crippen molar-refractivity contribution in [2.75, 3.05) is 33.5 Å². The number of aliphatic carboxylic acids is 2. The fourth-order valence-electron chi connectivity index (χ4n) is 5.35. The lowest BCUT2D eigenvalue weighted by atomic mass is 9.80. The third-order valence-corrected chi connectivity index (χ3v) is 8.42. The maximum Gasteiger partial charge on any atom is 0.349 e. The molecule has 0 radical (unpaired) electrons. The lowest BCUT2D eigenvalue weighted by Crippen LogP contribution is -2.45. The van der Waals surface area contributed by atoms with Crippen LogP contribution in [-0.4, -0.2) is 91.7 Å². The highest BCUT2D eigenvalue weighted by Gasteiger charge is 2.41. The molecule has 5 N–H and O–H groups in total. The molecule has 3 aromatic rings. The summed E-state index contributed by atoms with van der Waals surface area (Å²) in [5.74, 6) is -7.49. The molecule has 3 aromatic carbocycles. The number of carbonyl (C=O) groups is 6. The number of esters is 4. The molecule has 0 saturated heterocycles. The lowest BCUT2D eigenvalue weighted by Gasteiger charge is -2.31. The van der Waals surface area contributed by atoms with Gasteiger partial charge >= 0.3 is 35.8 Å². The average Bonchev–Trinajstić information content (AvgIpc) is 3.16. The Morgan fingerprint density at radius 1 is 0.750 bits per heavy atom. The number of dihydropyridines is 1. The van der Waals surface area contributed by atoms with Crippen molar-refractivity contribution in [3.05, 3.63) is 128 Å². The highest BCUT2D eigenvalue weighted by molar-refractivity contribution is 6.31. The molecule has 16 heteroatoms. The van der Waals surface area contributed by atoms with Gasteiger partial charge in [0.25, 0.3) is 0 Å². The van der Waals surface area contributed by atoms with Crippen LogP contribution >= 0.6 is 11.6 Å². The molecule has 0 bridgehead atoms. The number of hydrogen-bond acceptors (Lipinski definition) is 13. The van der Waals surface area contributed by atoms with E-state index in [0.717, 1.165) is 11.1 Å². The van der Waals surface area contributed by atoms with E-state index in [1.165, 1.54) is 31.4 Å². The Balaban J connectivity index is 0.000000300. The minimum atomic E-state index is -2.22.